The second kappa shape index (κ2) is 8.42. The monoisotopic (exact) mass is 464 g/mol. The summed E-state index contributed by atoms with van der Waals surface area (Å²) in [5.74, 6) is -0.289. The molecule has 2 heterocycles. The lowest BCUT2D eigenvalue weighted by Crippen LogP contribution is -2.28. The fraction of sp³-hybridized carbons (Fsp3) is 0.318. The molecule has 6 nitrogen and oxygen atoms in total. The number of hydrogen-bond acceptors (Lipinski definition) is 6. The minimum Gasteiger partial charge on any atom is -0.488 e. The first-order chi connectivity index (χ1) is 15.1. The van der Waals surface area contributed by atoms with E-state index < -0.39 is 23.8 Å². The molecule has 32 heavy (non-hydrogen) atoms. The average Bonchev–Trinajstić information content (AvgIpc) is 3.29. The molecule has 4 rings (SSSR count). The summed E-state index contributed by atoms with van der Waals surface area (Å²) in [6, 6.07) is 4.55. The van der Waals surface area contributed by atoms with Gasteiger partial charge in [-0.25, -0.2) is 9.98 Å². The number of rotatable bonds is 6. The molecule has 2 atom stereocenters. The first-order valence-electron chi connectivity index (χ1n) is 9.72. The van der Waals surface area contributed by atoms with Crippen LogP contribution in [0.25, 0.3) is 10.6 Å². The van der Waals surface area contributed by atoms with E-state index in [-0.39, 0.29) is 25.0 Å². The van der Waals surface area contributed by atoms with Gasteiger partial charge in [-0.15, -0.1) is 11.3 Å². The topological polar surface area (TPSA) is 81.0 Å². The zero-order valence-corrected chi connectivity index (χ0v) is 18.0. The molecule has 1 aliphatic heterocycles. The Morgan fingerprint density at radius 1 is 1.25 bits per heavy atom. The number of aryl methyl sites for hydroxylation is 1. The molecule has 1 aliphatic carbocycles. The highest BCUT2D eigenvalue weighted by Crippen LogP contribution is 2.35. The molecule has 2 unspecified atom stereocenters. The number of ether oxygens (including phenoxy) is 2. The molecule has 0 radical (unpaired) electrons. The van der Waals surface area contributed by atoms with Gasteiger partial charge >= 0.3 is 12.1 Å². The number of hydrogen-bond donors (Lipinski definition) is 1. The molecule has 0 saturated heterocycles. The molecule has 2 aromatic rings. The lowest BCUT2D eigenvalue weighted by atomic mass is 10.00. The molecule has 0 spiro atoms. The summed E-state index contributed by atoms with van der Waals surface area (Å²) in [4.78, 5) is 20.6. The predicted molar refractivity (Wildman–Crippen MR) is 112 cm³/mol. The summed E-state index contributed by atoms with van der Waals surface area (Å²) < 4.78 is 50.1. The van der Waals surface area contributed by atoms with Crippen molar-refractivity contribution in [2.75, 3.05) is 0 Å². The van der Waals surface area contributed by atoms with Crippen molar-refractivity contribution in [1.82, 2.24) is 4.98 Å². The van der Waals surface area contributed by atoms with Gasteiger partial charge in [0.2, 0.25) is 0 Å². The molecular formula is C22H19F3N2O4S. The van der Waals surface area contributed by atoms with Crippen molar-refractivity contribution >= 4 is 23.2 Å². The van der Waals surface area contributed by atoms with Crippen LogP contribution in [0, 0.1) is 6.92 Å². The summed E-state index contributed by atoms with van der Waals surface area (Å²) >= 11 is 1.34. The summed E-state index contributed by atoms with van der Waals surface area (Å²) in [6.07, 6.45) is -1.48. The number of thiazole rings is 1. The van der Waals surface area contributed by atoms with Crippen molar-refractivity contribution < 1.29 is 32.5 Å². The summed E-state index contributed by atoms with van der Waals surface area (Å²) in [7, 11) is 0. The Hall–Kier alpha value is -3.14. The van der Waals surface area contributed by atoms with Crippen molar-refractivity contribution in [2.45, 2.75) is 45.2 Å². The number of aliphatic imine (C=N–C) groups is 1. The molecule has 1 N–H and O–H groups in total. The number of nitrogens with zero attached hydrogens (tertiary/aromatic N) is 2. The second-order valence-electron chi connectivity index (χ2n) is 7.42. The Morgan fingerprint density at radius 3 is 2.62 bits per heavy atom. The fourth-order valence-corrected chi connectivity index (χ4v) is 4.41. The number of allylic oxidation sites excluding steroid dienone is 2. The van der Waals surface area contributed by atoms with Crippen LogP contribution in [0.1, 0.15) is 29.5 Å². The van der Waals surface area contributed by atoms with Gasteiger partial charge in [0.05, 0.1) is 16.1 Å². The van der Waals surface area contributed by atoms with E-state index in [1.165, 1.54) is 23.5 Å². The number of carboxylic acids is 1. The van der Waals surface area contributed by atoms with Crippen LogP contribution in [0.4, 0.5) is 13.2 Å². The molecule has 10 heteroatoms. The van der Waals surface area contributed by atoms with Gasteiger partial charge in [0.1, 0.15) is 29.8 Å². The van der Waals surface area contributed by atoms with Crippen molar-refractivity contribution in [3.63, 3.8) is 0 Å². The zero-order chi connectivity index (χ0) is 23.0. The molecule has 1 aromatic heterocycles. The summed E-state index contributed by atoms with van der Waals surface area (Å²) in [6.45, 7) is 3.88. The van der Waals surface area contributed by atoms with E-state index >= 15 is 0 Å². The van der Waals surface area contributed by atoms with Crippen LogP contribution in [0.3, 0.4) is 0 Å². The van der Waals surface area contributed by atoms with E-state index in [0.717, 1.165) is 28.3 Å². The number of carbonyl (C=O) groups is 1. The number of halogens is 3. The van der Waals surface area contributed by atoms with Crippen molar-refractivity contribution in [1.29, 1.82) is 0 Å². The fourth-order valence-electron chi connectivity index (χ4n) is 3.43. The van der Waals surface area contributed by atoms with E-state index in [0.29, 0.717) is 16.3 Å². The van der Waals surface area contributed by atoms with Gasteiger partial charge in [-0.2, -0.15) is 13.2 Å². The van der Waals surface area contributed by atoms with Gasteiger partial charge in [-0.3, -0.25) is 4.79 Å². The third-order valence-electron chi connectivity index (χ3n) is 5.07. The van der Waals surface area contributed by atoms with Gasteiger partial charge in [-0.05, 0) is 31.6 Å². The Labute approximate surface area is 185 Å². The van der Waals surface area contributed by atoms with Gasteiger partial charge in [0.15, 0.2) is 12.0 Å². The first-order valence-corrected chi connectivity index (χ1v) is 10.5. The molecule has 2 aliphatic rings. The molecule has 1 aromatic carbocycles. The Morgan fingerprint density at radius 2 is 1.97 bits per heavy atom. The maximum atomic E-state index is 12.8. The minimum absolute atomic E-state index is 0.159. The van der Waals surface area contributed by atoms with E-state index in [1.54, 1.807) is 0 Å². The Kier molecular flexibility index (Phi) is 5.81. The maximum absolute atomic E-state index is 12.8. The second-order valence-corrected chi connectivity index (χ2v) is 8.50. The highest BCUT2D eigenvalue weighted by molar-refractivity contribution is 7.15. The SMILES string of the molecule is CC1=C(OCc2sc(-c3ccc(C(F)(F)F)cc3)nc2C)C2OC(CC(=O)O)=NC2C=C1. The minimum atomic E-state index is -4.38. The lowest BCUT2D eigenvalue weighted by molar-refractivity contribution is -0.138. The summed E-state index contributed by atoms with van der Waals surface area (Å²) in [5, 5.41) is 9.58. The van der Waals surface area contributed by atoms with Crippen LogP contribution in [-0.2, 0) is 27.1 Å². The van der Waals surface area contributed by atoms with E-state index in [4.69, 9.17) is 14.6 Å². The predicted octanol–water partition coefficient (Wildman–Crippen LogP) is 5.14. The molecule has 0 saturated carbocycles. The lowest BCUT2D eigenvalue weighted by Gasteiger charge is -2.24. The molecular weight excluding hydrogens is 445 g/mol. The van der Waals surface area contributed by atoms with E-state index in [1.807, 2.05) is 26.0 Å². The average molecular weight is 464 g/mol. The maximum Gasteiger partial charge on any atom is 0.416 e. The normalized spacial score (nSPS) is 20.1. The van der Waals surface area contributed by atoms with Crippen molar-refractivity contribution in [2.24, 2.45) is 4.99 Å². The molecule has 0 bridgehead atoms. The number of benzene rings is 1. The quantitative estimate of drug-likeness (QED) is 0.640. The van der Waals surface area contributed by atoms with Gasteiger partial charge in [0.25, 0.3) is 0 Å². The smallest absolute Gasteiger partial charge is 0.416 e. The molecule has 0 amide bonds. The number of alkyl halides is 3. The van der Waals surface area contributed by atoms with Gasteiger partial charge in [0, 0.05) is 5.56 Å². The highest BCUT2D eigenvalue weighted by Gasteiger charge is 2.37. The third kappa shape index (κ3) is 4.55. The number of fused-ring (bicyclic) bond motifs is 1. The third-order valence-corrected chi connectivity index (χ3v) is 6.25. The van der Waals surface area contributed by atoms with Crippen molar-refractivity contribution in [3.05, 3.63) is 63.9 Å². The van der Waals surface area contributed by atoms with Crippen LogP contribution < -0.4 is 0 Å². The van der Waals surface area contributed by atoms with Gasteiger partial charge in [-0.1, -0.05) is 24.3 Å². The summed E-state index contributed by atoms with van der Waals surface area (Å²) in [5.41, 5.74) is 1.46. The van der Waals surface area contributed by atoms with Crippen LogP contribution in [0.15, 0.2) is 52.7 Å². The zero-order valence-electron chi connectivity index (χ0n) is 17.1. The number of aliphatic carboxylic acids is 1. The van der Waals surface area contributed by atoms with E-state index in [9.17, 15) is 18.0 Å². The van der Waals surface area contributed by atoms with Crippen LogP contribution in [0.5, 0.6) is 0 Å². The Bertz CT molecular complexity index is 1130. The Balaban J connectivity index is 1.47. The highest BCUT2D eigenvalue weighted by atomic mass is 32.1. The molecule has 0 fully saturated rings. The number of aromatic nitrogens is 1. The van der Waals surface area contributed by atoms with Crippen LogP contribution in [-0.4, -0.2) is 34.1 Å². The largest absolute Gasteiger partial charge is 0.488 e. The van der Waals surface area contributed by atoms with Gasteiger partial charge < -0.3 is 14.6 Å². The van der Waals surface area contributed by atoms with Crippen molar-refractivity contribution in [3.8, 4) is 10.6 Å². The molecule has 168 valence electrons. The van der Waals surface area contributed by atoms with E-state index in [2.05, 4.69) is 9.98 Å². The number of carboxylic acid groups (broad SMARTS) is 1. The first kappa shape index (κ1) is 22.1. The van der Waals surface area contributed by atoms with Crippen LogP contribution in [0.2, 0.25) is 0 Å². The standard InChI is InChI=1S/C22H19F3N2O4S/c1-11-3-8-15-20(31-17(27-15)9-18(28)29)19(11)30-10-16-12(2)26-21(32-16)13-4-6-14(7-5-13)22(23,24)25/h3-8,15,20H,9-10H2,1-2H3,(H,28,29). The van der Waals surface area contributed by atoms with Crippen LogP contribution >= 0.6 is 11.3 Å².